The van der Waals surface area contributed by atoms with Gasteiger partial charge in [-0.05, 0) is 92.6 Å². The Kier molecular flexibility index (Phi) is 9.42. The molecule has 10 heteroatoms. The molecule has 0 radical (unpaired) electrons. The first-order chi connectivity index (χ1) is 27.5. The SMILES string of the molecule is C=CC(=O)OCCCCOc1ccc(N=Nc2ccc(N=Nc3ccc(N(CC)CCOC(=O)C=C)cc3)cc2)cc1.[2HH].[2H][2H].[2H][2H].[2H][2H].[2H][2H].[2H][2H].[2H][2H].[2H][2H]. The number of likely N-dealkylation sites (N-methyl/N-ethyl adjacent to an activating group) is 1. The molecule has 3 rings (SSSR count). The van der Waals surface area contributed by atoms with Gasteiger partial charge in [0, 0.05) is 46.6 Å². The van der Waals surface area contributed by atoms with Crippen molar-refractivity contribution in [3.05, 3.63) is 98.1 Å². The fourth-order valence-corrected chi connectivity index (χ4v) is 3.57. The summed E-state index contributed by atoms with van der Waals surface area (Å²) in [4.78, 5) is 24.3. The lowest BCUT2D eigenvalue weighted by Gasteiger charge is -2.22. The van der Waals surface area contributed by atoms with Gasteiger partial charge in [-0.15, -0.1) is 0 Å². The van der Waals surface area contributed by atoms with Crippen molar-refractivity contribution in [1.82, 2.24) is 0 Å². The van der Waals surface area contributed by atoms with Gasteiger partial charge in [0.2, 0.25) is 0 Å². The van der Waals surface area contributed by atoms with E-state index in [0.29, 0.717) is 36.8 Å². The van der Waals surface area contributed by atoms with Gasteiger partial charge in [0.15, 0.2) is 0 Å². The summed E-state index contributed by atoms with van der Waals surface area (Å²) in [6.45, 7) is 11.3. The molecule has 42 heavy (non-hydrogen) atoms. The summed E-state index contributed by atoms with van der Waals surface area (Å²) in [7, 11) is 0. The molecule has 0 bridgehead atoms. The van der Waals surface area contributed by atoms with Crippen molar-refractivity contribution in [1.29, 1.82) is 0 Å². The molecule has 0 aliphatic heterocycles. The van der Waals surface area contributed by atoms with E-state index in [1.165, 1.54) is 0 Å². The van der Waals surface area contributed by atoms with Crippen LogP contribution in [-0.4, -0.2) is 44.8 Å². The minimum Gasteiger partial charge on any atom is -0.494 e. The Hall–Kier alpha value is -5.12. The summed E-state index contributed by atoms with van der Waals surface area (Å²) >= 11 is 0. The standard InChI is InChI=1S/C32H35N5O5.8H2/c1-4-31(38)41-23-8-7-22-40-30-19-15-28(16-20-30)36-34-26-11-9-25(10-12-26)33-35-27-13-17-29(18-14-27)37(6-3)21-24-42-32(39)5-2;;;;;;;;/h4-5,9-20H,1-2,6-8,21-24H2,3H3;8*1H/i;7*1+1D;1+1. The van der Waals surface area contributed by atoms with Gasteiger partial charge in [0.1, 0.15) is 12.4 Å². The molecule has 0 saturated carbocycles. The van der Waals surface area contributed by atoms with E-state index in [1.807, 2.05) is 79.7 Å². The Bertz CT molecular complexity index is 1400. The van der Waals surface area contributed by atoms with Crippen molar-refractivity contribution in [2.75, 3.05) is 37.8 Å². The minimum atomic E-state index is -0.426. The van der Waals surface area contributed by atoms with Crippen molar-refractivity contribution < 1.29 is 46.0 Å². The Morgan fingerprint density at radius 2 is 1.14 bits per heavy atom. The van der Waals surface area contributed by atoms with Crippen LogP contribution in [0.5, 0.6) is 5.75 Å². The van der Waals surface area contributed by atoms with Gasteiger partial charge in [0.05, 0.1) is 42.5 Å². The van der Waals surface area contributed by atoms with E-state index in [1.54, 1.807) is 0 Å². The van der Waals surface area contributed by atoms with Crippen LogP contribution in [0.25, 0.3) is 0 Å². The summed E-state index contributed by atoms with van der Waals surface area (Å²) in [6, 6.07) is 22.3. The number of anilines is 1. The number of hydrogen-bond acceptors (Lipinski definition) is 10. The number of nitrogens with zero attached hydrogens (tertiary/aromatic N) is 5. The molecule has 0 N–H and O–H groups in total. The van der Waals surface area contributed by atoms with E-state index in [0.717, 1.165) is 48.7 Å². The van der Waals surface area contributed by atoms with E-state index < -0.39 is 11.9 Å². The number of unbranched alkanes of at least 4 members (excludes halogenated alkanes) is 1. The summed E-state index contributed by atoms with van der Waals surface area (Å²) in [5, 5.41) is 17.2. The second-order valence-electron chi connectivity index (χ2n) is 8.81. The molecule has 10 nitrogen and oxygen atoms in total. The van der Waals surface area contributed by atoms with Crippen LogP contribution >= 0.6 is 0 Å². The molecule has 0 atom stereocenters. The van der Waals surface area contributed by atoms with Crippen molar-refractivity contribution in [3.8, 4) is 5.75 Å². The fourth-order valence-electron chi connectivity index (χ4n) is 3.57. The minimum absolute atomic E-state index is 0. The monoisotopic (exact) mass is 600 g/mol. The Morgan fingerprint density at radius 1 is 0.714 bits per heavy atom. The highest BCUT2D eigenvalue weighted by Crippen LogP contribution is 2.25. The third-order valence-corrected chi connectivity index (χ3v) is 5.84. The van der Waals surface area contributed by atoms with Crippen molar-refractivity contribution in [3.63, 3.8) is 0 Å². The van der Waals surface area contributed by atoms with Gasteiger partial charge in [0.25, 0.3) is 0 Å². The number of azo groups is 2. The summed E-state index contributed by atoms with van der Waals surface area (Å²) in [6.07, 6.45) is 3.79. The second-order valence-corrected chi connectivity index (χ2v) is 8.81. The van der Waals surface area contributed by atoms with E-state index in [4.69, 9.17) is 35.0 Å². The molecule has 0 aliphatic rings. The van der Waals surface area contributed by atoms with E-state index in [2.05, 4.69) is 38.5 Å². The van der Waals surface area contributed by atoms with E-state index in [-0.39, 0.29) is 8.03 Å². The van der Waals surface area contributed by atoms with Crippen LogP contribution in [0.4, 0.5) is 28.4 Å². The molecule has 0 spiro atoms. The molecular formula is C32H51N5O5. The quantitative estimate of drug-likeness (QED) is 0.0659. The second kappa shape index (κ2) is 17.5. The highest BCUT2D eigenvalue weighted by atomic mass is 16.5. The number of carbonyl (C=O) groups excluding carboxylic acids is 2. The largest absolute Gasteiger partial charge is 0.494 e. The molecule has 0 amide bonds. The normalized spacial score (nSPS) is 12.2. The van der Waals surface area contributed by atoms with Gasteiger partial charge in [-0.1, -0.05) is 13.2 Å². The maximum atomic E-state index is 11.2. The third kappa shape index (κ3) is 11.2. The first kappa shape index (κ1) is 22.6. The van der Waals surface area contributed by atoms with Crippen LogP contribution < -0.4 is 9.64 Å². The molecule has 0 heterocycles. The van der Waals surface area contributed by atoms with Gasteiger partial charge in [-0.25, -0.2) is 9.59 Å². The predicted octanol–water partition coefficient (Wildman–Crippen LogP) is 9.93. The van der Waals surface area contributed by atoms with Gasteiger partial charge in [-0.2, -0.15) is 20.5 Å². The molecule has 0 fully saturated rings. The van der Waals surface area contributed by atoms with E-state index >= 15 is 0 Å². The highest BCUT2D eigenvalue weighted by Gasteiger charge is 2.06. The maximum absolute atomic E-state index is 11.2. The molecule has 3 aromatic rings. The van der Waals surface area contributed by atoms with Crippen molar-refractivity contribution in [2.24, 2.45) is 20.5 Å². The Balaban J connectivity index is -0.000000390. The first-order valence-electron chi connectivity index (χ1n) is 20.6. The highest BCUT2D eigenvalue weighted by molar-refractivity contribution is 5.81. The zero-order valence-corrected chi connectivity index (χ0v) is 23.7. The van der Waals surface area contributed by atoms with Crippen LogP contribution in [-0.2, 0) is 19.1 Å². The number of hydrogen-bond donors (Lipinski definition) is 0. The summed E-state index contributed by atoms with van der Waals surface area (Å²) in [5.74, 6) is -0.106. The summed E-state index contributed by atoms with van der Waals surface area (Å²) in [5.41, 5.74) is 3.80. The number of ether oxygens (including phenoxy) is 3. The Labute approximate surface area is 269 Å². The molecule has 0 aliphatic carbocycles. The zero-order chi connectivity index (χ0) is 44.0. The lowest BCUT2D eigenvalue weighted by atomic mass is 10.2. The van der Waals surface area contributed by atoms with Crippen LogP contribution in [0.3, 0.4) is 0 Å². The lowest BCUT2D eigenvalue weighted by molar-refractivity contribution is -0.138. The first-order valence-corrected chi connectivity index (χ1v) is 13.6. The average molecular weight is 601 g/mol. The predicted molar refractivity (Wildman–Crippen MR) is 180 cm³/mol. The van der Waals surface area contributed by atoms with Gasteiger partial charge >= 0.3 is 11.9 Å². The van der Waals surface area contributed by atoms with Crippen LogP contribution in [0.2, 0.25) is 0 Å². The molecule has 0 aromatic heterocycles. The van der Waals surface area contributed by atoms with Crippen LogP contribution in [0, 0.1) is 0 Å². The average Bonchev–Trinajstić information content (AvgIpc) is 3.30. The molecule has 234 valence electrons. The zero-order valence-electron chi connectivity index (χ0n) is 37.7. The molecular weight excluding hydrogens is 534 g/mol. The van der Waals surface area contributed by atoms with Gasteiger partial charge in [-0.3, -0.25) is 0 Å². The summed E-state index contributed by atoms with van der Waals surface area (Å²) < 4.78 is 85.7. The molecule has 3 aromatic carbocycles. The smallest absolute Gasteiger partial charge is 0.330 e. The maximum Gasteiger partial charge on any atom is 0.330 e. The fraction of sp³-hybridized carbons (Fsp3) is 0.250. The number of carbonyl (C=O) groups is 2. The number of rotatable bonds is 17. The van der Waals surface area contributed by atoms with Crippen LogP contribution in [0.15, 0.2) is 119 Å². The topological polar surface area (TPSA) is 115 Å². The van der Waals surface area contributed by atoms with E-state index in [9.17, 15) is 9.59 Å². The Morgan fingerprint density at radius 3 is 1.62 bits per heavy atom. The lowest BCUT2D eigenvalue weighted by Crippen LogP contribution is -2.27. The van der Waals surface area contributed by atoms with Gasteiger partial charge < -0.3 is 19.1 Å². The molecule has 0 saturated heterocycles. The molecule has 0 unspecified atom stereocenters. The number of benzene rings is 3. The number of esters is 2. The van der Waals surface area contributed by atoms with Crippen LogP contribution in [0.1, 0.15) is 42.0 Å². The van der Waals surface area contributed by atoms with Crippen molar-refractivity contribution in [2.45, 2.75) is 19.8 Å². The third-order valence-electron chi connectivity index (χ3n) is 5.84. The van der Waals surface area contributed by atoms with Crippen molar-refractivity contribution >= 4 is 40.4 Å².